The van der Waals surface area contributed by atoms with Crippen molar-refractivity contribution in [3.8, 4) is 11.5 Å². The van der Waals surface area contributed by atoms with E-state index in [0.717, 1.165) is 12.8 Å². The molecule has 13 heteroatoms. The molecule has 1 aliphatic carbocycles. The van der Waals surface area contributed by atoms with Gasteiger partial charge in [-0.3, -0.25) is 13.9 Å². The number of hydrogen-bond acceptors (Lipinski definition) is 6. The standard InChI is InChI=1S/C28H25Cl2F2N3O6/c1-34-19-7-5-16(9-20(19)35(2)28(34)38)26(37)40-22(11-17-18(29)12-33-25(36)24(17)30)15-6-8-21(41-27(31)32)23(10-15)39-13-14-3-4-14/h5-10,12,14,22,27H,3-4,11,13H2,1-2H3,(H,33,36). The minimum Gasteiger partial charge on any atom is -0.489 e. The quantitative estimate of drug-likeness (QED) is 0.242. The largest absolute Gasteiger partial charge is 0.489 e. The normalized spacial score (nSPS) is 13.9. The van der Waals surface area contributed by atoms with Gasteiger partial charge in [-0.25, -0.2) is 9.59 Å². The first-order valence-corrected chi connectivity index (χ1v) is 13.4. The molecule has 216 valence electrons. The first-order valence-electron chi connectivity index (χ1n) is 12.7. The number of carbonyl (C=O) groups is 1. The van der Waals surface area contributed by atoms with Crippen LogP contribution in [0.25, 0.3) is 11.0 Å². The molecule has 1 aliphatic rings. The molecule has 0 amide bonds. The lowest BCUT2D eigenvalue weighted by Crippen LogP contribution is -2.19. The molecule has 0 spiro atoms. The summed E-state index contributed by atoms with van der Waals surface area (Å²) in [5.74, 6) is -0.528. The van der Waals surface area contributed by atoms with Crippen molar-refractivity contribution < 1.29 is 27.8 Å². The maximum absolute atomic E-state index is 13.4. The SMILES string of the molecule is Cn1c(=O)n(C)c2cc(C(=O)OC(Cc3c(Cl)c[nH]c(=O)c3Cl)c3ccc(OC(F)F)c(OCC4CC4)c3)ccc21. The van der Waals surface area contributed by atoms with Gasteiger partial charge in [0, 0.05) is 32.3 Å². The molecule has 2 heterocycles. The molecule has 0 aliphatic heterocycles. The summed E-state index contributed by atoms with van der Waals surface area (Å²) in [5, 5.41) is -0.0404. The van der Waals surface area contributed by atoms with E-state index in [1.54, 1.807) is 20.2 Å². The van der Waals surface area contributed by atoms with Crippen LogP contribution >= 0.6 is 23.2 Å². The minimum atomic E-state index is -3.07. The van der Waals surface area contributed by atoms with Crippen LogP contribution in [0.4, 0.5) is 8.78 Å². The van der Waals surface area contributed by atoms with Crippen molar-refractivity contribution >= 4 is 40.2 Å². The number of hydrogen-bond donors (Lipinski definition) is 1. The number of nitrogens with one attached hydrogen (secondary N) is 1. The number of carbonyl (C=O) groups excluding carboxylic acids is 1. The third kappa shape index (κ3) is 6.11. The van der Waals surface area contributed by atoms with Gasteiger partial charge in [0.15, 0.2) is 11.5 Å². The van der Waals surface area contributed by atoms with Crippen molar-refractivity contribution in [1.29, 1.82) is 0 Å². The predicted molar refractivity (Wildman–Crippen MR) is 148 cm³/mol. The van der Waals surface area contributed by atoms with Crippen LogP contribution in [0.3, 0.4) is 0 Å². The molecule has 0 radical (unpaired) electrons. The predicted octanol–water partition coefficient (Wildman–Crippen LogP) is 5.40. The highest BCUT2D eigenvalue weighted by molar-refractivity contribution is 6.35. The monoisotopic (exact) mass is 607 g/mol. The number of aromatic nitrogens is 3. The molecular formula is C28H25Cl2F2N3O6. The highest BCUT2D eigenvalue weighted by Crippen LogP contribution is 2.38. The van der Waals surface area contributed by atoms with Crippen LogP contribution in [-0.2, 0) is 25.3 Å². The molecule has 1 atom stereocenters. The van der Waals surface area contributed by atoms with Gasteiger partial charge in [0.05, 0.1) is 28.2 Å². The fourth-order valence-corrected chi connectivity index (χ4v) is 4.98. The number of esters is 1. The van der Waals surface area contributed by atoms with Gasteiger partial charge in [-0.05, 0) is 54.7 Å². The van der Waals surface area contributed by atoms with E-state index in [-0.39, 0.29) is 44.8 Å². The Labute approximate surface area is 242 Å². The number of nitrogens with zero attached hydrogens (tertiary/aromatic N) is 2. The number of aromatic amines is 1. The van der Waals surface area contributed by atoms with Gasteiger partial charge in [0.2, 0.25) is 0 Å². The number of halogens is 4. The summed E-state index contributed by atoms with van der Waals surface area (Å²) in [6.07, 6.45) is 2.04. The zero-order valence-corrected chi connectivity index (χ0v) is 23.5. The zero-order chi connectivity index (χ0) is 29.4. The Morgan fingerprint density at radius 2 is 1.78 bits per heavy atom. The first kappa shape index (κ1) is 28.7. The Morgan fingerprint density at radius 1 is 1.05 bits per heavy atom. The molecule has 41 heavy (non-hydrogen) atoms. The highest BCUT2D eigenvalue weighted by atomic mass is 35.5. The number of pyridine rings is 1. The lowest BCUT2D eigenvalue weighted by atomic mass is 10.0. The Bertz CT molecular complexity index is 1750. The minimum absolute atomic E-state index is 0.0551. The van der Waals surface area contributed by atoms with Gasteiger partial charge in [0.1, 0.15) is 11.1 Å². The molecule has 2 aromatic carbocycles. The lowest BCUT2D eigenvalue weighted by Gasteiger charge is -2.21. The summed E-state index contributed by atoms with van der Waals surface area (Å²) in [6, 6.07) is 8.91. The summed E-state index contributed by atoms with van der Waals surface area (Å²) in [4.78, 5) is 40.4. The van der Waals surface area contributed by atoms with Gasteiger partial charge in [-0.15, -0.1) is 0 Å². The summed E-state index contributed by atoms with van der Waals surface area (Å²) < 4.78 is 45.4. The number of imidazole rings is 1. The third-order valence-electron chi connectivity index (χ3n) is 6.96. The number of fused-ring (bicyclic) bond motifs is 1. The van der Waals surface area contributed by atoms with Crippen LogP contribution in [-0.4, -0.2) is 33.3 Å². The van der Waals surface area contributed by atoms with Crippen LogP contribution in [0.1, 0.15) is 40.4 Å². The second kappa shape index (κ2) is 11.6. The van der Waals surface area contributed by atoms with Crippen LogP contribution in [0, 0.1) is 5.92 Å². The Hall–Kier alpha value is -3.83. The molecule has 9 nitrogen and oxygen atoms in total. The lowest BCUT2D eigenvalue weighted by molar-refractivity contribution is -0.0515. The molecule has 5 rings (SSSR count). The van der Waals surface area contributed by atoms with Crippen molar-refractivity contribution in [1.82, 2.24) is 14.1 Å². The van der Waals surface area contributed by atoms with Crippen LogP contribution < -0.4 is 20.7 Å². The van der Waals surface area contributed by atoms with Gasteiger partial charge in [-0.1, -0.05) is 29.3 Å². The smallest absolute Gasteiger partial charge is 0.387 e. The Kier molecular flexibility index (Phi) is 8.10. The van der Waals surface area contributed by atoms with Crippen molar-refractivity contribution in [3.63, 3.8) is 0 Å². The van der Waals surface area contributed by atoms with Gasteiger partial charge in [-0.2, -0.15) is 8.78 Å². The topological polar surface area (TPSA) is 105 Å². The molecule has 1 unspecified atom stereocenters. The average molecular weight is 608 g/mol. The highest BCUT2D eigenvalue weighted by Gasteiger charge is 2.27. The molecule has 2 aromatic heterocycles. The van der Waals surface area contributed by atoms with E-state index >= 15 is 0 Å². The third-order valence-corrected chi connectivity index (χ3v) is 7.69. The van der Waals surface area contributed by atoms with E-state index in [2.05, 4.69) is 9.72 Å². The number of aryl methyl sites for hydroxylation is 2. The second-order valence-corrected chi connectivity index (χ2v) is 10.6. The molecule has 0 saturated heterocycles. The summed E-state index contributed by atoms with van der Waals surface area (Å²) in [5.41, 5.74) is 1.06. The number of ether oxygens (including phenoxy) is 3. The van der Waals surface area contributed by atoms with E-state index in [9.17, 15) is 23.2 Å². The molecule has 1 N–H and O–H groups in total. The van der Waals surface area contributed by atoms with Crippen LogP contribution in [0.15, 0.2) is 52.2 Å². The van der Waals surface area contributed by atoms with Crippen molar-refractivity contribution in [2.24, 2.45) is 20.0 Å². The Balaban J connectivity index is 1.53. The molecular weight excluding hydrogens is 583 g/mol. The van der Waals surface area contributed by atoms with Gasteiger partial charge < -0.3 is 19.2 Å². The van der Waals surface area contributed by atoms with E-state index in [1.807, 2.05) is 0 Å². The number of benzene rings is 2. The number of alkyl halides is 2. The fourth-order valence-electron chi connectivity index (χ4n) is 4.48. The van der Waals surface area contributed by atoms with E-state index in [1.165, 1.54) is 45.7 Å². The van der Waals surface area contributed by atoms with E-state index in [0.29, 0.717) is 29.1 Å². The summed E-state index contributed by atoms with van der Waals surface area (Å²) >= 11 is 12.6. The van der Waals surface area contributed by atoms with Crippen molar-refractivity contribution in [2.75, 3.05) is 6.61 Å². The van der Waals surface area contributed by atoms with Crippen molar-refractivity contribution in [2.45, 2.75) is 32.0 Å². The number of rotatable bonds is 10. The van der Waals surface area contributed by atoms with Crippen LogP contribution in [0.2, 0.25) is 10.0 Å². The maximum Gasteiger partial charge on any atom is 0.387 e. The summed E-state index contributed by atoms with van der Waals surface area (Å²) in [6.45, 7) is -2.76. The van der Waals surface area contributed by atoms with Gasteiger partial charge >= 0.3 is 18.3 Å². The number of H-pyrrole nitrogens is 1. The molecule has 4 aromatic rings. The van der Waals surface area contributed by atoms with Crippen molar-refractivity contribution in [3.05, 3.63) is 90.2 Å². The summed E-state index contributed by atoms with van der Waals surface area (Å²) in [7, 11) is 3.21. The maximum atomic E-state index is 13.4. The Morgan fingerprint density at radius 3 is 2.49 bits per heavy atom. The molecule has 0 bridgehead atoms. The van der Waals surface area contributed by atoms with Gasteiger partial charge in [0.25, 0.3) is 5.56 Å². The average Bonchev–Trinajstić information content (AvgIpc) is 3.75. The zero-order valence-electron chi connectivity index (χ0n) is 22.0. The van der Waals surface area contributed by atoms with Crippen LogP contribution in [0.5, 0.6) is 11.5 Å². The molecule has 1 fully saturated rings. The van der Waals surface area contributed by atoms with E-state index in [4.69, 9.17) is 32.7 Å². The molecule has 1 saturated carbocycles. The second-order valence-electron chi connectivity index (χ2n) is 9.80. The first-order chi connectivity index (χ1) is 19.5. The fraction of sp³-hybridized carbons (Fsp3) is 0.321. The van der Waals surface area contributed by atoms with E-state index < -0.39 is 24.2 Å².